The second kappa shape index (κ2) is 5.14. The highest BCUT2D eigenvalue weighted by molar-refractivity contribution is 5.55. The molecular formula is C17H17N3O. The van der Waals surface area contributed by atoms with Gasteiger partial charge in [0.1, 0.15) is 5.54 Å². The Hall–Kier alpha value is -2.46. The van der Waals surface area contributed by atoms with E-state index >= 15 is 0 Å². The Kier molecular flexibility index (Phi) is 3.31. The lowest BCUT2D eigenvalue weighted by Crippen LogP contribution is -2.34. The molecule has 3 rings (SSSR count). The van der Waals surface area contributed by atoms with E-state index in [0.29, 0.717) is 11.7 Å². The number of hydrogen-bond donors (Lipinski definition) is 1. The molecule has 0 spiro atoms. The molecule has 0 amide bonds. The van der Waals surface area contributed by atoms with Crippen molar-refractivity contribution >= 4 is 0 Å². The van der Waals surface area contributed by atoms with Gasteiger partial charge in [-0.3, -0.25) is 0 Å². The Bertz CT molecular complexity index is 747. The fourth-order valence-corrected chi connectivity index (χ4v) is 2.24. The zero-order valence-corrected chi connectivity index (χ0v) is 12.1. The molecule has 21 heavy (non-hydrogen) atoms. The van der Waals surface area contributed by atoms with Crippen LogP contribution in [0.4, 0.5) is 0 Å². The minimum Gasteiger partial charge on any atom is -0.337 e. The Morgan fingerprint density at radius 2 is 1.81 bits per heavy atom. The summed E-state index contributed by atoms with van der Waals surface area (Å²) in [5.41, 5.74) is 8.59. The van der Waals surface area contributed by atoms with Gasteiger partial charge in [0.05, 0.1) is 0 Å². The summed E-state index contributed by atoms with van der Waals surface area (Å²) in [6.45, 7) is 3.90. The second-order valence-corrected chi connectivity index (χ2v) is 5.36. The molecule has 0 aliphatic carbocycles. The molecule has 0 radical (unpaired) electrons. The van der Waals surface area contributed by atoms with Crippen molar-refractivity contribution in [3.8, 4) is 11.4 Å². The number of hydrogen-bond acceptors (Lipinski definition) is 4. The molecule has 106 valence electrons. The third-order valence-electron chi connectivity index (χ3n) is 3.52. The molecule has 4 heteroatoms. The van der Waals surface area contributed by atoms with Gasteiger partial charge in [-0.15, -0.1) is 0 Å². The highest BCUT2D eigenvalue weighted by atomic mass is 16.5. The van der Waals surface area contributed by atoms with Crippen LogP contribution in [-0.4, -0.2) is 10.1 Å². The third-order valence-corrected chi connectivity index (χ3v) is 3.52. The molecule has 0 fully saturated rings. The maximum atomic E-state index is 6.38. The van der Waals surface area contributed by atoms with Gasteiger partial charge in [-0.05, 0) is 25.5 Å². The number of benzene rings is 2. The standard InChI is InChI=1S/C17H17N3O/c1-12-7-6-8-13(11-12)15-19-16(21-20-15)17(2,18)14-9-4-3-5-10-14/h3-11H,18H2,1-2H3. The summed E-state index contributed by atoms with van der Waals surface area (Å²) in [6.07, 6.45) is 0. The third kappa shape index (κ3) is 2.58. The van der Waals surface area contributed by atoms with Crippen molar-refractivity contribution in [3.63, 3.8) is 0 Å². The molecule has 2 aromatic carbocycles. The minimum atomic E-state index is -0.809. The van der Waals surface area contributed by atoms with Crippen LogP contribution >= 0.6 is 0 Å². The van der Waals surface area contributed by atoms with Crippen molar-refractivity contribution in [3.05, 3.63) is 71.6 Å². The highest BCUT2D eigenvalue weighted by Gasteiger charge is 2.30. The van der Waals surface area contributed by atoms with Gasteiger partial charge < -0.3 is 10.3 Å². The first-order valence-corrected chi connectivity index (χ1v) is 6.83. The first-order chi connectivity index (χ1) is 10.1. The van der Waals surface area contributed by atoms with Crippen LogP contribution in [0.15, 0.2) is 59.1 Å². The number of aromatic nitrogens is 2. The predicted octanol–water partition coefficient (Wildman–Crippen LogP) is 3.27. The first-order valence-electron chi connectivity index (χ1n) is 6.83. The number of nitrogens with two attached hydrogens (primary N) is 1. The van der Waals surface area contributed by atoms with Gasteiger partial charge >= 0.3 is 0 Å². The topological polar surface area (TPSA) is 64.9 Å². The highest BCUT2D eigenvalue weighted by Crippen LogP contribution is 2.27. The van der Waals surface area contributed by atoms with E-state index in [-0.39, 0.29) is 0 Å². The lowest BCUT2D eigenvalue weighted by molar-refractivity contribution is 0.325. The van der Waals surface area contributed by atoms with Crippen molar-refractivity contribution in [1.29, 1.82) is 0 Å². The van der Waals surface area contributed by atoms with Crippen LogP contribution in [0.5, 0.6) is 0 Å². The van der Waals surface area contributed by atoms with Crippen LogP contribution in [0.2, 0.25) is 0 Å². The summed E-state index contributed by atoms with van der Waals surface area (Å²) in [7, 11) is 0. The molecule has 3 aromatic rings. The van der Waals surface area contributed by atoms with Crippen LogP contribution in [0.1, 0.15) is 23.9 Å². The van der Waals surface area contributed by atoms with E-state index in [0.717, 1.165) is 16.7 Å². The summed E-state index contributed by atoms with van der Waals surface area (Å²) in [5.74, 6) is 0.964. The van der Waals surface area contributed by atoms with Crippen molar-refractivity contribution in [1.82, 2.24) is 10.1 Å². The monoisotopic (exact) mass is 279 g/mol. The smallest absolute Gasteiger partial charge is 0.251 e. The van der Waals surface area contributed by atoms with Gasteiger partial charge in [-0.1, -0.05) is 59.3 Å². The summed E-state index contributed by atoms with van der Waals surface area (Å²) < 4.78 is 5.39. The number of nitrogens with zero attached hydrogens (tertiary/aromatic N) is 2. The predicted molar refractivity (Wildman–Crippen MR) is 81.6 cm³/mol. The van der Waals surface area contributed by atoms with Gasteiger partial charge in [0.15, 0.2) is 0 Å². The number of aryl methyl sites for hydroxylation is 1. The molecule has 0 saturated carbocycles. The van der Waals surface area contributed by atoms with Crippen molar-refractivity contribution < 1.29 is 4.52 Å². The molecule has 0 aliphatic heterocycles. The molecule has 0 saturated heterocycles. The van der Waals surface area contributed by atoms with Gasteiger partial charge in [0.25, 0.3) is 5.89 Å². The largest absolute Gasteiger partial charge is 0.337 e. The van der Waals surface area contributed by atoms with E-state index in [9.17, 15) is 0 Å². The van der Waals surface area contributed by atoms with E-state index in [1.807, 2.05) is 68.4 Å². The number of rotatable bonds is 3. The average molecular weight is 279 g/mol. The Labute approximate surface area is 123 Å². The van der Waals surface area contributed by atoms with Crippen LogP contribution in [0.25, 0.3) is 11.4 Å². The zero-order chi connectivity index (χ0) is 14.9. The maximum Gasteiger partial charge on any atom is 0.251 e. The molecule has 0 bridgehead atoms. The molecule has 4 nitrogen and oxygen atoms in total. The van der Waals surface area contributed by atoms with E-state index in [1.54, 1.807) is 0 Å². The first kappa shape index (κ1) is 13.5. The van der Waals surface area contributed by atoms with Crippen LogP contribution in [0.3, 0.4) is 0 Å². The lowest BCUT2D eigenvalue weighted by Gasteiger charge is -2.20. The Balaban J connectivity index is 1.98. The summed E-state index contributed by atoms with van der Waals surface area (Å²) in [6, 6.07) is 17.7. The van der Waals surface area contributed by atoms with Crippen LogP contribution < -0.4 is 5.73 Å². The van der Waals surface area contributed by atoms with Crippen LogP contribution in [-0.2, 0) is 5.54 Å². The van der Waals surface area contributed by atoms with Crippen molar-refractivity contribution in [2.75, 3.05) is 0 Å². The molecule has 0 aliphatic rings. The minimum absolute atomic E-state index is 0.408. The normalized spacial score (nSPS) is 13.9. The fourth-order valence-electron chi connectivity index (χ4n) is 2.24. The van der Waals surface area contributed by atoms with E-state index < -0.39 is 5.54 Å². The van der Waals surface area contributed by atoms with E-state index in [4.69, 9.17) is 10.3 Å². The van der Waals surface area contributed by atoms with Gasteiger partial charge in [-0.25, -0.2) is 0 Å². The average Bonchev–Trinajstić information content (AvgIpc) is 2.99. The maximum absolute atomic E-state index is 6.38. The second-order valence-electron chi connectivity index (χ2n) is 5.36. The lowest BCUT2D eigenvalue weighted by atomic mass is 9.93. The summed E-state index contributed by atoms with van der Waals surface area (Å²) in [4.78, 5) is 4.47. The molecule has 1 aromatic heterocycles. The van der Waals surface area contributed by atoms with Crippen molar-refractivity contribution in [2.24, 2.45) is 5.73 Å². The Morgan fingerprint density at radius 1 is 1.05 bits per heavy atom. The zero-order valence-electron chi connectivity index (χ0n) is 12.1. The van der Waals surface area contributed by atoms with Gasteiger partial charge in [0.2, 0.25) is 5.82 Å². The van der Waals surface area contributed by atoms with E-state index in [1.165, 1.54) is 0 Å². The van der Waals surface area contributed by atoms with Crippen LogP contribution in [0, 0.1) is 6.92 Å². The fraction of sp³-hybridized carbons (Fsp3) is 0.176. The quantitative estimate of drug-likeness (QED) is 0.799. The van der Waals surface area contributed by atoms with Crippen molar-refractivity contribution in [2.45, 2.75) is 19.4 Å². The summed E-state index contributed by atoms with van der Waals surface area (Å²) in [5, 5.41) is 4.05. The van der Waals surface area contributed by atoms with E-state index in [2.05, 4.69) is 10.1 Å². The molecule has 1 heterocycles. The molecule has 1 atom stereocenters. The SMILES string of the molecule is Cc1cccc(-c2noc(C(C)(N)c3ccccc3)n2)c1. The van der Waals surface area contributed by atoms with Gasteiger partial charge in [0, 0.05) is 5.56 Å². The molecular weight excluding hydrogens is 262 g/mol. The molecule has 1 unspecified atom stereocenters. The molecule has 2 N–H and O–H groups in total. The van der Waals surface area contributed by atoms with Gasteiger partial charge in [-0.2, -0.15) is 4.98 Å². The summed E-state index contributed by atoms with van der Waals surface area (Å²) >= 11 is 0. The Morgan fingerprint density at radius 3 is 2.52 bits per heavy atom.